The maximum Gasteiger partial charge on any atom is 0.333 e. The van der Waals surface area contributed by atoms with E-state index in [0.29, 0.717) is 5.06 Å². The van der Waals surface area contributed by atoms with Gasteiger partial charge in [-0.15, -0.1) is 5.06 Å². The summed E-state index contributed by atoms with van der Waals surface area (Å²) >= 11 is 0. The second kappa shape index (κ2) is 5.76. The molecule has 2 amide bonds. The van der Waals surface area contributed by atoms with Crippen LogP contribution in [0.5, 0.6) is 0 Å². The summed E-state index contributed by atoms with van der Waals surface area (Å²) in [6.45, 7) is 3.13. The highest BCUT2D eigenvalue weighted by molar-refractivity contribution is 7.94. The van der Waals surface area contributed by atoms with Crippen molar-refractivity contribution in [1.82, 2.24) is 5.06 Å². The minimum Gasteiger partial charge on any atom is -0.330 e. The Kier molecular flexibility index (Phi) is 4.60. The Labute approximate surface area is 104 Å². The number of sulfone groups is 1. The molecule has 0 aromatic rings. The van der Waals surface area contributed by atoms with Gasteiger partial charge in [0.1, 0.15) is 0 Å². The van der Waals surface area contributed by atoms with E-state index >= 15 is 0 Å². The predicted octanol–water partition coefficient (Wildman–Crippen LogP) is -0.0679. The number of nitrogens with zero attached hydrogens (tertiary/aromatic N) is 1. The van der Waals surface area contributed by atoms with E-state index in [2.05, 4.69) is 11.4 Å². The largest absolute Gasteiger partial charge is 0.333 e. The Morgan fingerprint density at radius 2 is 1.89 bits per heavy atom. The molecule has 1 rings (SSSR count). The Morgan fingerprint density at radius 1 is 1.33 bits per heavy atom. The van der Waals surface area contributed by atoms with Crippen molar-refractivity contribution in [3.05, 3.63) is 12.0 Å². The zero-order valence-corrected chi connectivity index (χ0v) is 10.4. The molecule has 1 heterocycles. The number of carbonyl (C=O) groups excluding carboxylic acids is 3. The van der Waals surface area contributed by atoms with Gasteiger partial charge in [-0.05, 0) is 6.42 Å². The molecule has 1 saturated heterocycles. The summed E-state index contributed by atoms with van der Waals surface area (Å²) in [5.74, 6) is -2.16. The second-order valence-corrected chi connectivity index (χ2v) is 5.75. The molecule has 18 heavy (non-hydrogen) atoms. The molecule has 8 heteroatoms. The van der Waals surface area contributed by atoms with Gasteiger partial charge in [-0.1, -0.05) is 6.58 Å². The number of imide groups is 1. The van der Waals surface area contributed by atoms with Crippen LogP contribution in [0.15, 0.2) is 12.0 Å². The van der Waals surface area contributed by atoms with Gasteiger partial charge in [0.05, 0.1) is 5.75 Å². The SMILES string of the molecule is C=CS(=O)(=O)CCCC(=O)ON1C(=O)CCC1=O. The molecule has 0 saturated carbocycles. The molecule has 7 nitrogen and oxygen atoms in total. The summed E-state index contributed by atoms with van der Waals surface area (Å²) < 4.78 is 22.1. The highest BCUT2D eigenvalue weighted by Gasteiger charge is 2.32. The van der Waals surface area contributed by atoms with Crippen LogP contribution < -0.4 is 0 Å². The molecule has 0 radical (unpaired) electrons. The lowest BCUT2D eigenvalue weighted by molar-refractivity contribution is -0.197. The van der Waals surface area contributed by atoms with Gasteiger partial charge in [0.2, 0.25) is 0 Å². The lowest BCUT2D eigenvalue weighted by Gasteiger charge is -2.12. The van der Waals surface area contributed by atoms with Crippen LogP contribution in [0.25, 0.3) is 0 Å². The van der Waals surface area contributed by atoms with Crippen LogP contribution in [0.2, 0.25) is 0 Å². The fourth-order valence-electron chi connectivity index (χ4n) is 1.31. The van der Waals surface area contributed by atoms with Crippen molar-refractivity contribution in [3.8, 4) is 0 Å². The standard InChI is InChI=1S/C10H13NO6S/c1-2-18(15,16)7-3-4-10(14)17-11-8(12)5-6-9(11)13/h2H,1,3-7H2. The number of hydrogen-bond acceptors (Lipinski definition) is 6. The van der Waals surface area contributed by atoms with E-state index in [4.69, 9.17) is 0 Å². The molecule has 0 aliphatic carbocycles. The fraction of sp³-hybridized carbons (Fsp3) is 0.500. The first-order chi connectivity index (χ1) is 8.35. The molecule has 0 spiro atoms. The molecule has 1 aliphatic rings. The first-order valence-corrected chi connectivity index (χ1v) is 6.99. The van der Waals surface area contributed by atoms with Gasteiger partial charge in [-0.25, -0.2) is 13.2 Å². The lowest BCUT2D eigenvalue weighted by Crippen LogP contribution is -2.32. The number of amides is 2. The predicted molar refractivity (Wildman–Crippen MR) is 60.4 cm³/mol. The van der Waals surface area contributed by atoms with E-state index in [1.165, 1.54) is 0 Å². The highest BCUT2D eigenvalue weighted by Crippen LogP contribution is 2.13. The Balaban J connectivity index is 2.36. The molecule has 0 bridgehead atoms. The minimum absolute atomic E-state index is 0.0248. The van der Waals surface area contributed by atoms with E-state index in [-0.39, 0.29) is 31.4 Å². The summed E-state index contributed by atoms with van der Waals surface area (Å²) in [4.78, 5) is 38.1. The summed E-state index contributed by atoms with van der Waals surface area (Å²) in [7, 11) is -3.36. The van der Waals surface area contributed by atoms with Crippen molar-refractivity contribution < 1.29 is 27.6 Å². The van der Waals surface area contributed by atoms with Crippen molar-refractivity contribution in [2.75, 3.05) is 5.75 Å². The quantitative estimate of drug-likeness (QED) is 0.629. The van der Waals surface area contributed by atoms with Crippen LogP contribution in [0.1, 0.15) is 25.7 Å². The normalized spacial score (nSPS) is 15.9. The first kappa shape index (κ1) is 14.4. The van der Waals surface area contributed by atoms with Crippen molar-refractivity contribution >= 4 is 27.6 Å². The third kappa shape index (κ3) is 3.95. The molecular formula is C10H13NO6S. The molecule has 0 aromatic carbocycles. The fourth-order valence-corrected chi connectivity index (χ4v) is 2.02. The smallest absolute Gasteiger partial charge is 0.330 e. The highest BCUT2D eigenvalue weighted by atomic mass is 32.2. The van der Waals surface area contributed by atoms with E-state index in [0.717, 1.165) is 5.41 Å². The molecule has 1 aliphatic heterocycles. The molecule has 0 unspecified atom stereocenters. The van der Waals surface area contributed by atoms with Gasteiger partial charge in [0.25, 0.3) is 11.8 Å². The molecule has 0 aromatic heterocycles. The van der Waals surface area contributed by atoms with Crippen molar-refractivity contribution in [1.29, 1.82) is 0 Å². The average molecular weight is 275 g/mol. The zero-order valence-electron chi connectivity index (χ0n) is 9.62. The molecule has 100 valence electrons. The number of rotatable bonds is 6. The van der Waals surface area contributed by atoms with Gasteiger partial charge < -0.3 is 4.84 Å². The topological polar surface area (TPSA) is 97.8 Å². The molecular weight excluding hydrogens is 262 g/mol. The summed E-state index contributed by atoms with van der Waals surface area (Å²) in [6.07, 6.45) is -0.0958. The average Bonchev–Trinajstić information content (AvgIpc) is 2.60. The van der Waals surface area contributed by atoms with Gasteiger partial charge in [-0.2, -0.15) is 0 Å². The van der Waals surface area contributed by atoms with Crippen LogP contribution in [0.3, 0.4) is 0 Å². The lowest BCUT2D eigenvalue weighted by atomic mass is 10.3. The van der Waals surface area contributed by atoms with E-state index < -0.39 is 27.6 Å². The maximum absolute atomic E-state index is 11.3. The van der Waals surface area contributed by atoms with Gasteiger partial charge in [-0.3, -0.25) is 9.59 Å². The van der Waals surface area contributed by atoms with E-state index in [9.17, 15) is 22.8 Å². The Hall–Kier alpha value is -1.70. The van der Waals surface area contributed by atoms with Crippen LogP contribution in [-0.4, -0.2) is 37.0 Å². The Morgan fingerprint density at radius 3 is 2.39 bits per heavy atom. The van der Waals surface area contributed by atoms with Gasteiger partial charge in [0, 0.05) is 24.7 Å². The van der Waals surface area contributed by atoms with Crippen molar-refractivity contribution in [3.63, 3.8) is 0 Å². The number of hydroxylamine groups is 2. The third-order valence-corrected chi connectivity index (χ3v) is 3.63. The summed E-state index contributed by atoms with van der Waals surface area (Å²) in [5.41, 5.74) is 0. The van der Waals surface area contributed by atoms with Crippen LogP contribution in [0, 0.1) is 0 Å². The van der Waals surface area contributed by atoms with E-state index in [1.54, 1.807) is 0 Å². The van der Waals surface area contributed by atoms with Crippen LogP contribution in [-0.2, 0) is 29.1 Å². The zero-order chi connectivity index (χ0) is 13.8. The van der Waals surface area contributed by atoms with E-state index in [1.807, 2.05) is 0 Å². The molecule has 0 N–H and O–H groups in total. The second-order valence-electron chi connectivity index (χ2n) is 3.68. The minimum atomic E-state index is -3.36. The Bertz CT molecular complexity index is 465. The monoisotopic (exact) mass is 275 g/mol. The van der Waals surface area contributed by atoms with Crippen molar-refractivity contribution in [2.24, 2.45) is 0 Å². The summed E-state index contributed by atoms with van der Waals surface area (Å²) in [6, 6.07) is 0. The van der Waals surface area contributed by atoms with Crippen molar-refractivity contribution in [2.45, 2.75) is 25.7 Å². The van der Waals surface area contributed by atoms with Gasteiger partial charge >= 0.3 is 5.97 Å². The third-order valence-electron chi connectivity index (χ3n) is 2.26. The van der Waals surface area contributed by atoms with Gasteiger partial charge in [0.15, 0.2) is 9.84 Å². The number of hydrogen-bond donors (Lipinski definition) is 0. The van der Waals surface area contributed by atoms with Crippen LogP contribution in [0.4, 0.5) is 0 Å². The maximum atomic E-state index is 11.3. The first-order valence-electron chi connectivity index (χ1n) is 5.27. The molecule has 1 fully saturated rings. The summed E-state index contributed by atoms with van der Waals surface area (Å²) in [5, 5.41) is 1.25. The van der Waals surface area contributed by atoms with Crippen LogP contribution >= 0.6 is 0 Å². The number of carbonyl (C=O) groups is 3. The molecule has 0 atom stereocenters.